The maximum atomic E-state index is 11.6. The average Bonchev–Trinajstić information content (AvgIpc) is 3.39. The van der Waals surface area contributed by atoms with Gasteiger partial charge in [0, 0.05) is 36.1 Å². The Hall–Kier alpha value is -4.21. The number of hydrogen-bond acceptors (Lipinski definition) is 8. The van der Waals surface area contributed by atoms with Crippen LogP contribution in [0.2, 0.25) is 0 Å². The van der Waals surface area contributed by atoms with Crippen LogP contribution in [0.4, 0.5) is 17.3 Å². The van der Waals surface area contributed by atoms with Gasteiger partial charge in [0.05, 0.1) is 6.26 Å². The van der Waals surface area contributed by atoms with Gasteiger partial charge >= 0.3 is 0 Å². The summed E-state index contributed by atoms with van der Waals surface area (Å²) in [6.45, 7) is 7.48. The number of hydrogen-bond donors (Lipinski definition) is 3. The van der Waals surface area contributed by atoms with Gasteiger partial charge in [-0.2, -0.15) is 4.98 Å². The van der Waals surface area contributed by atoms with E-state index >= 15 is 0 Å². The van der Waals surface area contributed by atoms with Gasteiger partial charge in [-0.15, -0.1) is 0 Å². The lowest BCUT2D eigenvalue weighted by Gasteiger charge is -2.22. The third kappa shape index (κ3) is 7.18. The van der Waals surface area contributed by atoms with Crippen molar-refractivity contribution >= 4 is 34.3 Å². The van der Waals surface area contributed by atoms with Gasteiger partial charge in [-0.3, -0.25) is 4.79 Å². The lowest BCUT2D eigenvalue weighted by atomic mass is 10.1. The maximum absolute atomic E-state index is 11.6. The van der Waals surface area contributed by atoms with Gasteiger partial charge in [0.25, 0.3) is 5.88 Å². The molecule has 4 rings (SSSR count). The number of anilines is 3. The Morgan fingerprint density at radius 1 is 1.13 bits per heavy atom. The standard InChI is InChI=1S/C29H34N6O3/c1-5-23(35(3)4)14-16-30-19-20-10-12-21(13-11-20)32-29-33-25-15-17-37-27(25)28(34-29)38-24-9-7-8-22(18-24)31-26(36)6-2/h6-13,15,17-18,23,30H,2,5,14,16,19H2,1,3-4H3,(H,31,36)(H,32,33,34). The maximum Gasteiger partial charge on any atom is 0.268 e. The Morgan fingerprint density at radius 2 is 1.95 bits per heavy atom. The topological polar surface area (TPSA) is 105 Å². The minimum absolute atomic E-state index is 0.263. The minimum Gasteiger partial charge on any atom is -0.457 e. The van der Waals surface area contributed by atoms with Gasteiger partial charge < -0.3 is 30.0 Å². The Morgan fingerprint density at radius 3 is 2.68 bits per heavy atom. The molecule has 4 aromatic rings. The van der Waals surface area contributed by atoms with E-state index < -0.39 is 0 Å². The molecule has 38 heavy (non-hydrogen) atoms. The second-order valence-electron chi connectivity index (χ2n) is 9.12. The summed E-state index contributed by atoms with van der Waals surface area (Å²) in [6.07, 6.45) is 5.02. The van der Waals surface area contributed by atoms with Crippen molar-refractivity contribution in [3.8, 4) is 11.6 Å². The molecule has 198 valence electrons. The van der Waals surface area contributed by atoms with Crippen LogP contribution in [0.15, 0.2) is 77.9 Å². The van der Waals surface area contributed by atoms with Crippen molar-refractivity contribution in [2.45, 2.75) is 32.4 Å². The van der Waals surface area contributed by atoms with Gasteiger partial charge in [0.2, 0.25) is 17.4 Å². The van der Waals surface area contributed by atoms with E-state index in [1.54, 1.807) is 36.6 Å². The van der Waals surface area contributed by atoms with E-state index in [-0.39, 0.29) is 11.8 Å². The molecule has 2 aromatic carbocycles. The number of aromatic nitrogens is 2. The second kappa shape index (κ2) is 12.8. The van der Waals surface area contributed by atoms with E-state index in [2.05, 4.69) is 70.5 Å². The Balaban J connectivity index is 1.41. The third-order valence-electron chi connectivity index (χ3n) is 6.17. The minimum atomic E-state index is -0.305. The molecule has 0 bridgehead atoms. The lowest BCUT2D eigenvalue weighted by molar-refractivity contribution is -0.111. The summed E-state index contributed by atoms with van der Waals surface area (Å²) in [5.41, 5.74) is 3.67. The van der Waals surface area contributed by atoms with E-state index in [1.165, 1.54) is 11.6 Å². The zero-order chi connectivity index (χ0) is 26.9. The lowest BCUT2D eigenvalue weighted by Crippen LogP contribution is -2.30. The molecule has 2 aromatic heterocycles. The van der Waals surface area contributed by atoms with E-state index in [1.807, 2.05) is 12.1 Å². The Labute approximate surface area is 222 Å². The number of carbonyl (C=O) groups is 1. The highest BCUT2D eigenvalue weighted by atomic mass is 16.5. The molecular formula is C29H34N6O3. The quantitative estimate of drug-likeness (QED) is 0.154. The van der Waals surface area contributed by atoms with E-state index in [0.29, 0.717) is 34.5 Å². The molecular weight excluding hydrogens is 480 g/mol. The monoisotopic (exact) mass is 514 g/mol. The molecule has 0 saturated heterocycles. The van der Waals surface area contributed by atoms with Crippen LogP contribution in [0.3, 0.4) is 0 Å². The predicted molar refractivity (Wildman–Crippen MR) is 151 cm³/mol. The van der Waals surface area contributed by atoms with E-state index in [9.17, 15) is 4.79 Å². The van der Waals surface area contributed by atoms with Gasteiger partial charge in [-0.1, -0.05) is 31.7 Å². The highest BCUT2D eigenvalue weighted by molar-refractivity contribution is 5.99. The van der Waals surface area contributed by atoms with Crippen molar-refractivity contribution in [1.82, 2.24) is 20.2 Å². The largest absolute Gasteiger partial charge is 0.457 e. The number of nitrogens with zero attached hydrogens (tertiary/aromatic N) is 3. The molecule has 0 saturated carbocycles. The van der Waals surface area contributed by atoms with Crippen LogP contribution >= 0.6 is 0 Å². The number of furan rings is 1. The molecule has 9 heteroatoms. The summed E-state index contributed by atoms with van der Waals surface area (Å²) < 4.78 is 11.6. The first-order valence-corrected chi connectivity index (χ1v) is 12.6. The van der Waals surface area contributed by atoms with Crippen LogP contribution in [-0.4, -0.2) is 47.5 Å². The molecule has 1 amide bonds. The van der Waals surface area contributed by atoms with Crippen LogP contribution in [0, 0.1) is 0 Å². The second-order valence-corrected chi connectivity index (χ2v) is 9.12. The number of ether oxygens (including phenoxy) is 1. The van der Waals surface area contributed by atoms with Crippen molar-refractivity contribution in [3.63, 3.8) is 0 Å². The summed E-state index contributed by atoms with van der Waals surface area (Å²) in [6, 6.07) is 17.5. The number of fused-ring (bicyclic) bond motifs is 1. The Bertz CT molecular complexity index is 1370. The number of nitrogens with one attached hydrogen (secondary N) is 3. The first-order chi connectivity index (χ1) is 18.4. The SMILES string of the molecule is C=CC(=O)Nc1cccc(Oc2nc(Nc3ccc(CNCCC(CC)N(C)C)cc3)nc3ccoc23)c1. The number of amides is 1. The number of benzene rings is 2. The van der Waals surface area contributed by atoms with E-state index in [4.69, 9.17) is 9.15 Å². The summed E-state index contributed by atoms with van der Waals surface area (Å²) in [7, 11) is 4.26. The van der Waals surface area contributed by atoms with Crippen molar-refractivity contribution < 1.29 is 13.9 Å². The first-order valence-electron chi connectivity index (χ1n) is 12.6. The van der Waals surface area contributed by atoms with Gasteiger partial charge in [-0.05, 0) is 69.4 Å². The van der Waals surface area contributed by atoms with Crippen molar-refractivity contribution in [2.75, 3.05) is 31.3 Å². The molecule has 0 aliphatic carbocycles. The van der Waals surface area contributed by atoms with E-state index in [0.717, 1.165) is 31.6 Å². The summed E-state index contributed by atoms with van der Waals surface area (Å²) >= 11 is 0. The molecule has 2 heterocycles. The fraction of sp³-hybridized carbons (Fsp3) is 0.276. The fourth-order valence-electron chi connectivity index (χ4n) is 4.07. The van der Waals surface area contributed by atoms with Gasteiger partial charge in [-0.25, -0.2) is 4.98 Å². The molecule has 0 radical (unpaired) electrons. The molecule has 0 aliphatic heterocycles. The van der Waals surface area contributed by atoms with Crippen molar-refractivity contribution in [2.24, 2.45) is 0 Å². The average molecular weight is 515 g/mol. The van der Waals surface area contributed by atoms with Gasteiger partial charge in [0.1, 0.15) is 11.3 Å². The smallest absolute Gasteiger partial charge is 0.268 e. The summed E-state index contributed by atoms with van der Waals surface area (Å²) in [5.74, 6) is 0.825. The van der Waals surface area contributed by atoms with Crippen LogP contribution in [0.25, 0.3) is 11.1 Å². The third-order valence-corrected chi connectivity index (χ3v) is 6.17. The fourth-order valence-corrected chi connectivity index (χ4v) is 4.07. The number of carbonyl (C=O) groups excluding carboxylic acids is 1. The molecule has 0 aliphatic rings. The highest BCUT2D eigenvalue weighted by Gasteiger charge is 2.14. The normalized spacial score (nSPS) is 11.9. The highest BCUT2D eigenvalue weighted by Crippen LogP contribution is 2.31. The molecule has 3 N–H and O–H groups in total. The molecule has 0 fully saturated rings. The molecule has 9 nitrogen and oxygen atoms in total. The summed E-state index contributed by atoms with van der Waals surface area (Å²) in [5, 5.41) is 9.49. The zero-order valence-electron chi connectivity index (χ0n) is 22.0. The number of rotatable bonds is 13. The molecule has 1 unspecified atom stereocenters. The molecule has 1 atom stereocenters. The van der Waals surface area contributed by atoms with Crippen molar-refractivity contribution in [1.29, 1.82) is 0 Å². The van der Waals surface area contributed by atoms with Crippen LogP contribution in [-0.2, 0) is 11.3 Å². The predicted octanol–water partition coefficient (Wildman–Crippen LogP) is 5.70. The Kier molecular flexibility index (Phi) is 9.07. The van der Waals surface area contributed by atoms with Crippen LogP contribution in [0.5, 0.6) is 11.6 Å². The summed E-state index contributed by atoms with van der Waals surface area (Å²) in [4.78, 5) is 23.0. The first kappa shape index (κ1) is 26.8. The van der Waals surface area contributed by atoms with Gasteiger partial charge in [0.15, 0.2) is 0 Å². The zero-order valence-corrected chi connectivity index (χ0v) is 22.0. The van der Waals surface area contributed by atoms with Crippen LogP contribution < -0.4 is 20.7 Å². The van der Waals surface area contributed by atoms with Crippen LogP contribution in [0.1, 0.15) is 25.3 Å². The molecule has 0 spiro atoms. The van der Waals surface area contributed by atoms with Crippen molar-refractivity contribution in [3.05, 3.63) is 79.1 Å².